The van der Waals surface area contributed by atoms with Gasteiger partial charge >= 0.3 is 0 Å². The molecule has 3 nitrogen and oxygen atoms in total. The van der Waals surface area contributed by atoms with Crippen LogP contribution in [0.5, 0.6) is 5.75 Å². The quantitative estimate of drug-likeness (QED) is 0.897. The molecule has 94 valence electrons. The summed E-state index contributed by atoms with van der Waals surface area (Å²) >= 11 is 0. The standard InChI is InChI=1S/C15H17NO2/c1-11-3-4-14(12(2)17)15(9-11)18-10-13-5-7-16-8-6-13/h3-9,12,17H,10H2,1-2H3. The minimum absolute atomic E-state index is 0.478. The summed E-state index contributed by atoms with van der Waals surface area (Å²) in [6.07, 6.45) is 2.95. The van der Waals surface area contributed by atoms with Gasteiger partial charge in [-0.25, -0.2) is 0 Å². The number of pyridine rings is 1. The van der Waals surface area contributed by atoms with E-state index in [1.54, 1.807) is 19.3 Å². The van der Waals surface area contributed by atoms with Gasteiger partial charge in [-0.05, 0) is 43.2 Å². The molecular formula is C15H17NO2. The van der Waals surface area contributed by atoms with Crippen LogP contribution in [0, 0.1) is 6.92 Å². The van der Waals surface area contributed by atoms with Crippen LogP contribution in [0.3, 0.4) is 0 Å². The van der Waals surface area contributed by atoms with E-state index in [1.165, 1.54) is 0 Å². The minimum Gasteiger partial charge on any atom is -0.489 e. The molecule has 0 spiro atoms. The van der Waals surface area contributed by atoms with Crippen molar-refractivity contribution in [1.82, 2.24) is 4.98 Å². The molecule has 0 radical (unpaired) electrons. The van der Waals surface area contributed by atoms with Gasteiger partial charge in [-0.2, -0.15) is 0 Å². The molecule has 1 aromatic carbocycles. The summed E-state index contributed by atoms with van der Waals surface area (Å²) in [5.74, 6) is 0.738. The maximum Gasteiger partial charge on any atom is 0.125 e. The minimum atomic E-state index is -0.530. The largest absolute Gasteiger partial charge is 0.489 e. The van der Waals surface area contributed by atoms with Gasteiger partial charge in [-0.15, -0.1) is 0 Å². The fourth-order valence-corrected chi connectivity index (χ4v) is 1.75. The van der Waals surface area contributed by atoms with Gasteiger partial charge in [0.2, 0.25) is 0 Å². The number of aliphatic hydroxyl groups is 1. The fraction of sp³-hybridized carbons (Fsp3) is 0.267. The fourth-order valence-electron chi connectivity index (χ4n) is 1.75. The van der Waals surface area contributed by atoms with Crippen molar-refractivity contribution >= 4 is 0 Å². The van der Waals surface area contributed by atoms with Gasteiger partial charge < -0.3 is 9.84 Å². The second-order valence-electron chi connectivity index (χ2n) is 4.36. The Morgan fingerprint density at radius 2 is 1.94 bits per heavy atom. The number of benzene rings is 1. The van der Waals surface area contributed by atoms with E-state index >= 15 is 0 Å². The highest BCUT2D eigenvalue weighted by molar-refractivity contribution is 5.38. The molecule has 0 aliphatic heterocycles. The lowest BCUT2D eigenvalue weighted by Crippen LogP contribution is -2.01. The number of aliphatic hydroxyl groups excluding tert-OH is 1. The molecule has 0 saturated carbocycles. The van der Waals surface area contributed by atoms with E-state index in [0.29, 0.717) is 6.61 Å². The van der Waals surface area contributed by atoms with Gasteiger partial charge in [0, 0.05) is 18.0 Å². The Balaban J connectivity index is 2.15. The first kappa shape index (κ1) is 12.6. The molecule has 0 amide bonds. The molecule has 1 unspecified atom stereocenters. The van der Waals surface area contributed by atoms with Crippen molar-refractivity contribution < 1.29 is 9.84 Å². The Morgan fingerprint density at radius 3 is 2.61 bits per heavy atom. The van der Waals surface area contributed by atoms with Crippen LogP contribution in [-0.4, -0.2) is 10.1 Å². The van der Waals surface area contributed by atoms with E-state index in [2.05, 4.69) is 4.98 Å². The van der Waals surface area contributed by atoms with E-state index in [4.69, 9.17) is 4.74 Å². The number of rotatable bonds is 4. The molecule has 1 atom stereocenters. The topological polar surface area (TPSA) is 42.4 Å². The number of nitrogens with zero attached hydrogens (tertiary/aromatic N) is 1. The van der Waals surface area contributed by atoms with Crippen LogP contribution in [0.4, 0.5) is 0 Å². The highest BCUT2D eigenvalue weighted by atomic mass is 16.5. The molecule has 2 aromatic rings. The molecule has 3 heteroatoms. The zero-order chi connectivity index (χ0) is 13.0. The average Bonchev–Trinajstić information content (AvgIpc) is 2.37. The summed E-state index contributed by atoms with van der Waals surface area (Å²) in [4.78, 5) is 3.96. The summed E-state index contributed by atoms with van der Waals surface area (Å²) < 4.78 is 5.78. The molecule has 1 N–H and O–H groups in total. The van der Waals surface area contributed by atoms with Crippen molar-refractivity contribution in [2.75, 3.05) is 0 Å². The molecule has 0 bridgehead atoms. The monoisotopic (exact) mass is 243 g/mol. The van der Waals surface area contributed by atoms with Crippen LogP contribution in [0.15, 0.2) is 42.7 Å². The van der Waals surface area contributed by atoms with E-state index in [9.17, 15) is 5.11 Å². The van der Waals surface area contributed by atoms with Crippen LogP contribution in [0.1, 0.15) is 29.7 Å². The van der Waals surface area contributed by atoms with Crippen LogP contribution < -0.4 is 4.74 Å². The number of aromatic nitrogens is 1. The highest BCUT2D eigenvalue weighted by Gasteiger charge is 2.09. The smallest absolute Gasteiger partial charge is 0.125 e. The van der Waals surface area contributed by atoms with Gasteiger partial charge in [0.05, 0.1) is 6.10 Å². The predicted molar refractivity (Wildman–Crippen MR) is 70.4 cm³/mol. The molecular weight excluding hydrogens is 226 g/mol. The molecule has 0 aliphatic carbocycles. The second-order valence-corrected chi connectivity index (χ2v) is 4.36. The third-order valence-electron chi connectivity index (χ3n) is 2.76. The zero-order valence-electron chi connectivity index (χ0n) is 10.6. The third kappa shape index (κ3) is 3.08. The molecule has 0 saturated heterocycles. The Labute approximate surface area is 107 Å². The van der Waals surface area contributed by atoms with E-state index in [1.807, 2.05) is 37.3 Å². The lowest BCUT2D eigenvalue weighted by molar-refractivity contribution is 0.190. The normalized spacial score (nSPS) is 12.2. The van der Waals surface area contributed by atoms with Crippen molar-refractivity contribution in [3.05, 3.63) is 59.4 Å². The van der Waals surface area contributed by atoms with E-state index < -0.39 is 6.10 Å². The molecule has 18 heavy (non-hydrogen) atoms. The number of hydrogen-bond donors (Lipinski definition) is 1. The maximum atomic E-state index is 9.70. The average molecular weight is 243 g/mol. The van der Waals surface area contributed by atoms with Crippen molar-refractivity contribution in [1.29, 1.82) is 0 Å². The number of aryl methyl sites for hydroxylation is 1. The Kier molecular flexibility index (Phi) is 3.95. The predicted octanol–water partition coefficient (Wildman–Crippen LogP) is 3.02. The second kappa shape index (κ2) is 5.65. The summed E-state index contributed by atoms with van der Waals surface area (Å²) in [6, 6.07) is 9.65. The van der Waals surface area contributed by atoms with Crippen molar-refractivity contribution in [3.8, 4) is 5.75 Å². The summed E-state index contributed by atoms with van der Waals surface area (Å²) in [5.41, 5.74) is 2.99. The first-order chi connectivity index (χ1) is 8.66. The van der Waals surface area contributed by atoms with Gasteiger partial charge in [0.1, 0.15) is 12.4 Å². The molecule has 0 fully saturated rings. The van der Waals surface area contributed by atoms with Crippen LogP contribution in [-0.2, 0) is 6.61 Å². The SMILES string of the molecule is Cc1ccc(C(C)O)c(OCc2ccncc2)c1. The highest BCUT2D eigenvalue weighted by Crippen LogP contribution is 2.26. The third-order valence-corrected chi connectivity index (χ3v) is 2.76. The van der Waals surface area contributed by atoms with Crippen molar-refractivity contribution in [2.45, 2.75) is 26.6 Å². The van der Waals surface area contributed by atoms with Gasteiger partial charge in [0.15, 0.2) is 0 Å². The summed E-state index contributed by atoms with van der Waals surface area (Å²) in [5, 5.41) is 9.70. The lowest BCUT2D eigenvalue weighted by atomic mass is 10.1. The molecule has 2 rings (SSSR count). The van der Waals surface area contributed by atoms with E-state index in [-0.39, 0.29) is 0 Å². The number of ether oxygens (including phenoxy) is 1. The van der Waals surface area contributed by atoms with Crippen LogP contribution in [0.25, 0.3) is 0 Å². The molecule has 1 aromatic heterocycles. The Bertz CT molecular complexity index is 509. The van der Waals surface area contributed by atoms with Gasteiger partial charge in [0.25, 0.3) is 0 Å². The Hall–Kier alpha value is -1.87. The first-order valence-electron chi connectivity index (χ1n) is 5.97. The van der Waals surface area contributed by atoms with E-state index in [0.717, 1.165) is 22.4 Å². The summed E-state index contributed by atoms with van der Waals surface area (Å²) in [6.45, 7) is 4.22. The Morgan fingerprint density at radius 1 is 1.22 bits per heavy atom. The maximum absolute atomic E-state index is 9.70. The van der Waals surface area contributed by atoms with Crippen molar-refractivity contribution in [2.24, 2.45) is 0 Å². The van der Waals surface area contributed by atoms with Gasteiger partial charge in [-0.3, -0.25) is 4.98 Å². The lowest BCUT2D eigenvalue weighted by Gasteiger charge is -2.14. The van der Waals surface area contributed by atoms with Crippen LogP contribution >= 0.6 is 0 Å². The first-order valence-corrected chi connectivity index (χ1v) is 5.97. The number of hydrogen-bond acceptors (Lipinski definition) is 3. The van der Waals surface area contributed by atoms with Crippen molar-refractivity contribution in [3.63, 3.8) is 0 Å². The summed E-state index contributed by atoms with van der Waals surface area (Å²) in [7, 11) is 0. The zero-order valence-corrected chi connectivity index (χ0v) is 10.6. The van der Waals surface area contributed by atoms with Gasteiger partial charge in [-0.1, -0.05) is 12.1 Å². The van der Waals surface area contributed by atoms with Crippen LogP contribution in [0.2, 0.25) is 0 Å². The molecule has 0 aliphatic rings. The molecule has 1 heterocycles.